The number of nitrogens with one attached hydrogen (secondary N) is 1. The van der Waals surface area contributed by atoms with Gasteiger partial charge >= 0.3 is 0 Å². The van der Waals surface area contributed by atoms with Crippen molar-refractivity contribution in [2.24, 2.45) is 0 Å². The molecule has 21 heavy (non-hydrogen) atoms. The summed E-state index contributed by atoms with van der Waals surface area (Å²) in [5.41, 5.74) is 1.81. The molecule has 1 nitrogen and oxygen atoms in total. The zero-order valence-corrected chi connectivity index (χ0v) is 13.0. The number of hydrogen-bond acceptors (Lipinski definition) is 1. The van der Waals surface area contributed by atoms with Crippen molar-refractivity contribution in [2.45, 2.75) is 25.7 Å². The van der Waals surface area contributed by atoms with Gasteiger partial charge in [-0.25, -0.2) is 4.39 Å². The molecule has 0 spiro atoms. The molecule has 3 heteroatoms. The summed E-state index contributed by atoms with van der Waals surface area (Å²) < 4.78 is 14.1. The van der Waals surface area contributed by atoms with Gasteiger partial charge in [0.15, 0.2) is 0 Å². The zero-order chi connectivity index (χ0) is 15.1. The molecule has 2 aromatic rings. The largest absolute Gasteiger partial charge is 0.316 e. The molecule has 1 atom stereocenters. The van der Waals surface area contributed by atoms with Crippen LogP contribution >= 0.6 is 11.6 Å². The van der Waals surface area contributed by atoms with Gasteiger partial charge in [-0.05, 0) is 42.6 Å². The van der Waals surface area contributed by atoms with Crippen molar-refractivity contribution < 1.29 is 4.39 Å². The fourth-order valence-electron chi connectivity index (χ4n) is 2.48. The first-order valence-electron chi connectivity index (χ1n) is 7.41. The van der Waals surface area contributed by atoms with Crippen molar-refractivity contribution in [1.29, 1.82) is 0 Å². The van der Waals surface area contributed by atoms with Gasteiger partial charge in [0, 0.05) is 17.5 Å². The van der Waals surface area contributed by atoms with E-state index in [2.05, 4.69) is 12.2 Å². The Hall–Kier alpha value is -1.38. The summed E-state index contributed by atoms with van der Waals surface area (Å²) in [6.45, 7) is 3.81. The van der Waals surface area contributed by atoms with E-state index in [4.69, 9.17) is 11.6 Å². The summed E-state index contributed by atoms with van der Waals surface area (Å²) in [5, 5.41) is 4.14. The van der Waals surface area contributed by atoms with Crippen LogP contribution in [0.4, 0.5) is 4.39 Å². The van der Waals surface area contributed by atoms with E-state index in [1.807, 2.05) is 36.4 Å². The Kier molecular flexibility index (Phi) is 6.21. The predicted octanol–water partition coefficient (Wildman–Crippen LogP) is 4.81. The molecular formula is C18H21ClFN. The molecule has 2 aromatic carbocycles. The van der Waals surface area contributed by atoms with Gasteiger partial charge in [-0.1, -0.05) is 54.9 Å². The van der Waals surface area contributed by atoms with Crippen LogP contribution in [0.1, 0.15) is 30.4 Å². The third kappa shape index (κ3) is 4.55. The SMILES string of the molecule is CCCNCC(Cc1ccccc1Cl)c1ccccc1F. The predicted molar refractivity (Wildman–Crippen MR) is 87.5 cm³/mol. The Labute approximate surface area is 131 Å². The first-order valence-corrected chi connectivity index (χ1v) is 7.78. The van der Waals surface area contributed by atoms with Gasteiger partial charge in [-0.3, -0.25) is 0 Å². The van der Waals surface area contributed by atoms with Crippen molar-refractivity contribution in [3.05, 3.63) is 70.5 Å². The minimum atomic E-state index is -0.146. The van der Waals surface area contributed by atoms with Crippen molar-refractivity contribution in [1.82, 2.24) is 5.32 Å². The topological polar surface area (TPSA) is 12.0 Å². The summed E-state index contributed by atoms with van der Waals surface area (Å²) in [7, 11) is 0. The summed E-state index contributed by atoms with van der Waals surface area (Å²) in [5.74, 6) is -0.0643. The average molecular weight is 306 g/mol. The van der Waals surface area contributed by atoms with Crippen LogP contribution in [0.25, 0.3) is 0 Å². The lowest BCUT2D eigenvalue weighted by molar-refractivity contribution is 0.536. The molecule has 112 valence electrons. The van der Waals surface area contributed by atoms with Crippen LogP contribution < -0.4 is 5.32 Å². The van der Waals surface area contributed by atoms with Crippen molar-refractivity contribution in [3.8, 4) is 0 Å². The Bertz CT molecular complexity index is 571. The van der Waals surface area contributed by atoms with Gasteiger partial charge < -0.3 is 5.32 Å². The molecule has 0 aromatic heterocycles. The Morgan fingerprint density at radius 3 is 2.52 bits per heavy atom. The van der Waals surface area contributed by atoms with Crippen LogP contribution in [0.3, 0.4) is 0 Å². The molecule has 1 N–H and O–H groups in total. The molecule has 0 aliphatic rings. The summed E-state index contributed by atoms with van der Waals surface area (Å²) in [6, 6.07) is 14.8. The van der Waals surface area contributed by atoms with Crippen molar-refractivity contribution >= 4 is 11.6 Å². The second-order valence-electron chi connectivity index (χ2n) is 5.22. The monoisotopic (exact) mass is 305 g/mol. The lowest BCUT2D eigenvalue weighted by Crippen LogP contribution is -2.24. The summed E-state index contributed by atoms with van der Waals surface area (Å²) >= 11 is 6.24. The van der Waals surface area contributed by atoms with E-state index in [9.17, 15) is 4.39 Å². The molecule has 2 rings (SSSR count). The number of hydrogen-bond donors (Lipinski definition) is 1. The normalized spacial score (nSPS) is 12.3. The van der Waals surface area contributed by atoms with Crippen molar-refractivity contribution in [2.75, 3.05) is 13.1 Å². The van der Waals surface area contributed by atoms with Crippen LogP contribution in [0.15, 0.2) is 48.5 Å². The molecule has 0 amide bonds. The van der Waals surface area contributed by atoms with Crippen LogP contribution in [0.2, 0.25) is 5.02 Å². The maximum Gasteiger partial charge on any atom is 0.126 e. The lowest BCUT2D eigenvalue weighted by atomic mass is 9.91. The number of rotatable bonds is 7. The number of benzene rings is 2. The standard InChI is InChI=1S/C18H21ClFN/c1-2-11-21-13-15(16-8-4-6-10-18(16)20)12-14-7-3-5-9-17(14)19/h3-10,15,21H,2,11-13H2,1H3. The Morgan fingerprint density at radius 2 is 1.81 bits per heavy atom. The molecule has 0 saturated heterocycles. The third-order valence-electron chi connectivity index (χ3n) is 3.59. The first-order chi connectivity index (χ1) is 10.2. The van der Waals surface area contributed by atoms with E-state index in [-0.39, 0.29) is 11.7 Å². The smallest absolute Gasteiger partial charge is 0.126 e. The molecule has 0 aliphatic carbocycles. The summed E-state index contributed by atoms with van der Waals surface area (Å²) in [4.78, 5) is 0. The van der Waals surface area contributed by atoms with Crippen LogP contribution in [-0.2, 0) is 6.42 Å². The van der Waals surface area contributed by atoms with Gasteiger partial charge in [-0.2, -0.15) is 0 Å². The molecule has 0 heterocycles. The van der Waals surface area contributed by atoms with Gasteiger partial charge in [0.25, 0.3) is 0 Å². The van der Waals surface area contributed by atoms with E-state index < -0.39 is 0 Å². The molecular weight excluding hydrogens is 285 g/mol. The maximum absolute atomic E-state index is 14.1. The van der Waals surface area contributed by atoms with Gasteiger partial charge in [0.1, 0.15) is 5.82 Å². The molecule has 1 unspecified atom stereocenters. The van der Waals surface area contributed by atoms with Crippen LogP contribution in [-0.4, -0.2) is 13.1 Å². The summed E-state index contributed by atoms with van der Waals surface area (Å²) in [6.07, 6.45) is 1.80. The minimum absolute atomic E-state index is 0.0812. The molecule has 0 aliphatic heterocycles. The van der Waals surface area contributed by atoms with Gasteiger partial charge in [0.2, 0.25) is 0 Å². The van der Waals surface area contributed by atoms with E-state index in [1.165, 1.54) is 6.07 Å². The highest BCUT2D eigenvalue weighted by Crippen LogP contribution is 2.26. The molecule has 0 fully saturated rings. The highest BCUT2D eigenvalue weighted by atomic mass is 35.5. The zero-order valence-electron chi connectivity index (χ0n) is 12.3. The molecule has 0 radical (unpaired) electrons. The van der Waals surface area contributed by atoms with Crippen molar-refractivity contribution in [3.63, 3.8) is 0 Å². The Morgan fingerprint density at radius 1 is 1.10 bits per heavy atom. The lowest BCUT2D eigenvalue weighted by Gasteiger charge is -2.19. The van der Waals surface area contributed by atoms with Gasteiger partial charge in [0.05, 0.1) is 0 Å². The van der Waals surface area contributed by atoms with E-state index in [0.717, 1.165) is 42.1 Å². The fraction of sp³-hybridized carbons (Fsp3) is 0.333. The minimum Gasteiger partial charge on any atom is -0.316 e. The number of halogens is 2. The fourth-order valence-corrected chi connectivity index (χ4v) is 2.69. The maximum atomic E-state index is 14.1. The van der Waals surface area contributed by atoms with E-state index in [1.54, 1.807) is 6.07 Å². The quantitative estimate of drug-likeness (QED) is 0.724. The average Bonchev–Trinajstić information content (AvgIpc) is 2.49. The molecule has 0 saturated carbocycles. The third-order valence-corrected chi connectivity index (χ3v) is 3.96. The van der Waals surface area contributed by atoms with E-state index >= 15 is 0 Å². The van der Waals surface area contributed by atoms with Crippen LogP contribution in [0, 0.1) is 5.82 Å². The second-order valence-corrected chi connectivity index (χ2v) is 5.63. The first kappa shape index (κ1) is 16.0. The van der Waals surface area contributed by atoms with E-state index in [0.29, 0.717) is 0 Å². The highest BCUT2D eigenvalue weighted by molar-refractivity contribution is 6.31. The second kappa shape index (κ2) is 8.16. The molecule has 0 bridgehead atoms. The van der Waals surface area contributed by atoms with Gasteiger partial charge in [-0.15, -0.1) is 0 Å². The Balaban J connectivity index is 2.20. The highest BCUT2D eigenvalue weighted by Gasteiger charge is 2.17. The van der Waals surface area contributed by atoms with Crippen LogP contribution in [0.5, 0.6) is 0 Å².